The van der Waals surface area contributed by atoms with Crippen LogP contribution in [0.1, 0.15) is 36.8 Å². The van der Waals surface area contributed by atoms with Crippen LogP contribution in [-0.2, 0) is 4.79 Å². The van der Waals surface area contributed by atoms with Gasteiger partial charge in [-0.3, -0.25) is 4.79 Å². The number of rotatable bonds is 2. The van der Waals surface area contributed by atoms with E-state index in [1.807, 2.05) is 12.1 Å². The second-order valence-corrected chi connectivity index (χ2v) is 5.28. The fraction of sp³-hybridized carbons (Fsp3) is 0.211. The lowest BCUT2D eigenvalue weighted by molar-refractivity contribution is -0.119. The van der Waals surface area contributed by atoms with Crippen LogP contribution in [0.4, 0.5) is 0 Å². The monoisotopic (exact) mass is 262 g/mol. The van der Waals surface area contributed by atoms with Crippen molar-refractivity contribution in [3.8, 4) is 0 Å². The van der Waals surface area contributed by atoms with Crippen LogP contribution in [-0.4, -0.2) is 5.78 Å². The molecule has 0 N–H and O–H groups in total. The van der Waals surface area contributed by atoms with E-state index in [1.165, 1.54) is 22.3 Å². The molecular formula is C19H18O. The Labute approximate surface area is 120 Å². The molecule has 0 spiro atoms. The Kier molecular flexibility index (Phi) is 3.78. The van der Waals surface area contributed by atoms with Crippen LogP contribution >= 0.6 is 0 Å². The Morgan fingerprint density at radius 3 is 1.80 bits per heavy atom. The van der Waals surface area contributed by atoms with Crippen molar-refractivity contribution >= 4 is 11.4 Å². The Bertz CT molecular complexity index is 582. The number of allylic oxidation sites excluding steroid dienone is 1. The first-order valence-electron chi connectivity index (χ1n) is 7.19. The maximum absolute atomic E-state index is 11.8. The highest BCUT2D eigenvalue weighted by atomic mass is 16.1. The lowest BCUT2D eigenvalue weighted by atomic mass is 9.84. The lowest BCUT2D eigenvalue weighted by Crippen LogP contribution is -2.09. The third-order valence-corrected chi connectivity index (χ3v) is 3.82. The Morgan fingerprint density at radius 2 is 1.30 bits per heavy atom. The van der Waals surface area contributed by atoms with E-state index in [9.17, 15) is 4.79 Å². The highest BCUT2D eigenvalue weighted by Crippen LogP contribution is 2.33. The van der Waals surface area contributed by atoms with Gasteiger partial charge >= 0.3 is 0 Å². The van der Waals surface area contributed by atoms with Crippen molar-refractivity contribution in [2.24, 2.45) is 0 Å². The molecule has 20 heavy (non-hydrogen) atoms. The third-order valence-electron chi connectivity index (χ3n) is 3.82. The number of benzene rings is 2. The molecule has 2 aromatic carbocycles. The van der Waals surface area contributed by atoms with E-state index in [0.29, 0.717) is 12.2 Å². The molecule has 0 bridgehead atoms. The number of Topliss-reactive ketones (excluding diaryl/α,β-unsaturated/α-hetero) is 1. The molecule has 2 aromatic rings. The first-order valence-corrected chi connectivity index (χ1v) is 7.19. The van der Waals surface area contributed by atoms with E-state index < -0.39 is 0 Å². The van der Waals surface area contributed by atoms with Gasteiger partial charge in [-0.15, -0.1) is 0 Å². The number of carbonyl (C=O) groups is 1. The smallest absolute Gasteiger partial charge is 0.136 e. The normalized spacial score (nSPS) is 15.2. The topological polar surface area (TPSA) is 17.1 Å². The summed E-state index contributed by atoms with van der Waals surface area (Å²) < 4.78 is 0. The van der Waals surface area contributed by atoms with Gasteiger partial charge in [-0.05, 0) is 29.5 Å². The van der Waals surface area contributed by atoms with Crippen molar-refractivity contribution in [1.82, 2.24) is 0 Å². The maximum atomic E-state index is 11.8. The van der Waals surface area contributed by atoms with E-state index in [1.54, 1.807) is 0 Å². The quantitative estimate of drug-likeness (QED) is 0.771. The molecule has 3 rings (SSSR count). The molecule has 1 aliphatic carbocycles. The first kappa shape index (κ1) is 12.9. The molecular weight excluding hydrogens is 244 g/mol. The van der Waals surface area contributed by atoms with Crippen LogP contribution in [0.3, 0.4) is 0 Å². The third kappa shape index (κ3) is 2.72. The standard InChI is InChI=1S/C19H18O/c20-18-13-7-12-17(14-18)19(15-8-3-1-4-9-15)16-10-5-2-6-11-16/h1-6,8-11H,7,12-14H2. The number of ketones is 1. The summed E-state index contributed by atoms with van der Waals surface area (Å²) in [5.41, 5.74) is 4.96. The fourth-order valence-corrected chi connectivity index (χ4v) is 2.91. The van der Waals surface area contributed by atoms with E-state index in [4.69, 9.17) is 0 Å². The van der Waals surface area contributed by atoms with Gasteiger partial charge in [0.2, 0.25) is 0 Å². The minimum absolute atomic E-state index is 0.371. The fourth-order valence-electron chi connectivity index (χ4n) is 2.91. The van der Waals surface area contributed by atoms with Crippen LogP contribution in [0, 0.1) is 0 Å². The highest BCUT2D eigenvalue weighted by Gasteiger charge is 2.18. The minimum Gasteiger partial charge on any atom is -0.299 e. The average Bonchev–Trinajstić information content (AvgIpc) is 2.50. The SMILES string of the molecule is O=C1CCCC(=C(c2ccccc2)c2ccccc2)C1. The first-order chi connectivity index (χ1) is 9.84. The predicted octanol–water partition coefficient (Wildman–Crippen LogP) is 4.63. The van der Waals surface area contributed by atoms with Crippen LogP contribution in [0.15, 0.2) is 66.2 Å². The number of hydrogen-bond acceptors (Lipinski definition) is 1. The van der Waals surface area contributed by atoms with Crippen molar-refractivity contribution in [3.63, 3.8) is 0 Å². The van der Waals surface area contributed by atoms with E-state index >= 15 is 0 Å². The van der Waals surface area contributed by atoms with Gasteiger partial charge in [-0.25, -0.2) is 0 Å². The number of carbonyl (C=O) groups excluding carboxylic acids is 1. The van der Waals surface area contributed by atoms with Crippen LogP contribution < -0.4 is 0 Å². The summed E-state index contributed by atoms with van der Waals surface area (Å²) in [6, 6.07) is 20.8. The van der Waals surface area contributed by atoms with Crippen molar-refractivity contribution in [1.29, 1.82) is 0 Å². The lowest BCUT2D eigenvalue weighted by Gasteiger charge is -2.19. The average molecular weight is 262 g/mol. The van der Waals surface area contributed by atoms with Crippen LogP contribution in [0.25, 0.3) is 5.57 Å². The summed E-state index contributed by atoms with van der Waals surface area (Å²) in [6.45, 7) is 0. The van der Waals surface area contributed by atoms with E-state index in [0.717, 1.165) is 19.3 Å². The highest BCUT2D eigenvalue weighted by molar-refractivity contribution is 5.89. The number of hydrogen-bond donors (Lipinski definition) is 0. The van der Waals surface area contributed by atoms with Gasteiger partial charge in [0.25, 0.3) is 0 Å². The largest absolute Gasteiger partial charge is 0.299 e. The molecule has 0 amide bonds. The molecule has 100 valence electrons. The Morgan fingerprint density at radius 1 is 0.750 bits per heavy atom. The zero-order valence-electron chi connectivity index (χ0n) is 11.5. The summed E-state index contributed by atoms with van der Waals surface area (Å²) in [4.78, 5) is 11.8. The van der Waals surface area contributed by atoms with Crippen molar-refractivity contribution in [2.75, 3.05) is 0 Å². The summed E-state index contributed by atoms with van der Waals surface area (Å²) in [7, 11) is 0. The molecule has 0 heterocycles. The molecule has 1 fully saturated rings. The van der Waals surface area contributed by atoms with Gasteiger partial charge in [0.05, 0.1) is 0 Å². The van der Waals surface area contributed by atoms with Crippen LogP contribution in [0.5, 0.6) is 0 Å². The van der Waals surface area contributed by atoms with E-state index in [-0.39, 0.29) is 0 Å². The van der Waals surface area contributed by atoms with Gasteiger partial charge in [0.1, 0.15) is 5.78 Å². The molecule has 0 atom stereocenters. The molecule has 0 radical (unpaired) electrons. The predicted molar refractivity (Wildman–Crippen MR) is 82.4 cm³/mol. The molecule has 1 saturated carbocycles. The summed E-state index contributed by atoms with van der Waals surface area (Å²) in [5.74, 6) is 0.371. The molecule has 0 aliphatic heterocycles. The minimum atomic E-state index is 0.371. The second kappa shape index (κ2) is 5.87. The summed E-state index contributed by atoms with van der Waals surface area (Å²) in [6.07, 6.45) is 3.36. The van der Waals surface area contributed by atoms with Gasteiger partial charge in [0.15, 0.2) is 0 Å². The zero-order valence-corrected chi connectivity index (χ0v) is 11.5. The van der Waals surface area contributed by atoms with Gasteiger partial charge in [-0.1, -0.05) is 66.2 Å². The van der Waals surface area contributed by atoms with Crippen molar-refractivity contribution in [2.45, 2.75) is 25.7 Å². The van der Waals surface area contributed by atoms with Gasteiger partial charge in [0, 0.05) is 12.8 Å². The van der Waals surface area contributed by atoms with Crippen LogP contribution in [0.2, 0.25) is 0 Å². The van der Waals surface area contributed by atoms with E-state index in [2.05, 4.69) is 48.5 Å². The maximum Gasteiger partial charge on any atom is 0.136 e. The molecule has 0 saturated heterocycles. The second-order valence-electron chi connectivity index (χ2n) is 5.28. The van der Waals surface area contributed by atoms with Crippen molar-refractivity contribution in [3.05, 3.63) is 77.4 Å². The van der Waals surface area contributed by atoms with Gasteiger partial charge in [-0.2, -0.15) is 0 Å². The Hall–Kier alpha value is -2.15. The zero-order chi connectivity index (χ0) is 13.8. The summed E-state index contributed by atoms with van der Waals surface area (Å²) >= 11 is 0. The molecule has 0 unspecified atom stereocenters. The molecule has 1 aliphatic rings. The molecule has 0 aromatic heterocycles. The molecule has 1 nitrogen and oxygen atoms in total. The van der Waals surface area contributed by atoms with Crippen molar-refractivity contribution < 1.29 is 4.79 Å². The Balaban J connectivity index is 2.13. The van der Waals surface area contributed by atoms with Gasteiger partial charge < -0.3 is 0 Å². The molecule has 1 heteroatoms. The summed E-state index contributed by atoms with van der Waals surface area (Å²) in [5, 5.41) is 0.